The molecule has 0 aliphatic rings. The highest BCUT2D eigenvalue weighted by molar-refractivity contribution is 8.13. The van der Waals surface area contributed by atoms with Crippen molar-refractivity contribution in [1.82, 2.24) is 9.97 Å². The van der Waals surface area contributed by atoms with Gasteiger partial charge < -0.3 is 10.1 Å². The molecule has 0 fully saturated rings. The Morgan fingerprint density at radius 3 is 2.04 bits per heavy atom. The number of ether oxygens (including phenoxy) is 1. The van der Waals surface area contributed by atoms with Gasteiger partial charge in [0.1, 0.15) is 28.6 Å². The molecule has 7 nitrogen and oxygen atoms in total. The number of anilines is 1. The average molecular weight is 796 g/mol. The van der Waals surface area contributed by atoms with Crippen LogP contribution in [0.25, 0.3) is 0 Å². The fraction of sp³-hybridized carbons (Fsp3) is 0.265. The van der Waals surface area contributed by atoms with E-state index in [2.05, 4.69) is 15.3 Å². The fourth-order valence-electron chi connectivity index (χ4n) is 4.55. The van der Waals surface area contributed by atoms with Crippen LogP contribution >= 0.6 is 23.5 Å². The van der Waals surface area contributed by atoms with Crippen molar-refractivity contribution >= 4 is 45.3 Å². The number of halogens is 10. The van der Waals surface area contributed by atoms with Crippen LogP contribution in [0.5, 0.6) is 11.6 Å². The summed E-state index contributed by atoms with van der Waals surface area (Å²) in [6.07, 6.45) is -9.30. The van der Waals surface area contributed by atoms with Crippen molar-refractivity contribution in [3.8, 4) is 11.6 Å². The van der Waals surface area contributed by atoms with Gasteiger partial charge in [0.25, 0.3) is 12.3 Å². The molecule has 1 amide bonds. The van der Waals surface area contributed by atoms with Gasteiger partial charge in [0.05, 0.1) is 22.4 Å². The van der Waals surface area contributed by atoms with Gasteiger partial charge >= 0.3 is 12.4 Å². The average Bonchev–Trinajstić information content (AvgIpc) is 3.07. The van der Waals surface area contributed by atoms with E-state index in [4.69, 9.17) is 4.74 Å². The van der Waals surface area contributed by atoms with Gasteiger partial charge in [-0.1, -0.05) is 43.4 Å². The van der Waals surface area contributed by atoms with E-state index in [0.717, 1.165) is 30.3 Å². The number of aromatic nitrogens is 2. The fourth-order valence-corrected chi connectivity index (χ4v) is 5.41. The number of alkyl halides is 8. The highest BCUT2D eigenvalue weighted by Gasteiger charge is 2.42. The summed E-state index contributed by atoms with van der Waals surface area (Å²) < 4.78 is 137. The van der Waals surface area contributed by atoms with E-state index in [-0.39, 0.29) is 40.8 Å². The molecule has 4 rings (SSSR count). The van der Waals surface area contributed by atoms with Gasteiger partial charge in [0.15, 0.2) is 5.69 Å². The quantitative estimate of drug-likeness (QED) is 0.167. The van der Waals surface area contributed by atoms with E-state index >= 15 is 0 Å². The minimum absolute atomic E-state index is 0.130. The van der Waals surface area contributed by atoms with Crippen LogP contribution in [0.2, 0.25) is 0 Å². The van der Waals surface area contributed by atoms with Crippen molar-refractivity contribution in [2.45, 2.75) is 39.0 Å². The van der Waals surface area contributed by atoms with Crippen LogP contribution in [0.4, 0.5) is 49.6 Å². The van der Waals surface area contributed by atoms with Gasteiger partial charge in [-0.05, 0) is 72.9 Å². The number of hydrogen-bond acceptors (Lipinski definition) is 8. The number of amides is 1. The van der Waals surface area contributed by atoms with Gasteiger partial charge in [0, 0.05) is 12.3 Å². The van der Waals surface area contributed by atoms with Crippen LogP contribution in [0.1, 0.15) is 73.9 Å². The summed E-state index contributed by atoms with van der Waals surface area (Å²) in [6.45, 7) is 3.30. The van der Waals surface area contributed by atoms with Crippen molar-refractivity contribution in [3.05, 3.63) is 112 Å². The SMILES string of the molecule is CSC(=O)c1c(C(F)F)nc(C(F)(F)F)c(C(=O)SC)c1CC(C)C.O=C(Nc1ccc(F)cc1F)c1cccnc1Oc1cccc(C(F)(F)F)c1. The first-order valence-electron chi connectivity index (χ1n) is 14.8. The van der Waals surface area contributed by atoms with Gasteiger partial charge in [-0.2, -0.15) is 26.3 Å². The first-order chi connectivity index (χ1) is 24.7. The summed E-state index contributed by atoms with van der Waals surface area (Å²) in [5.41, 5.74) is -5.98. The van der Waals surface area contributed by atoms with E-state index in [1.165, 1.54) is 36.9 Å². The zero-order valence-corrected chi connectivity index (χ0v) is 29.4. The van der Waals surface area contributed by atoms with Crippen LogP contribution in [0, 0.1) is 17.6 Å². The number of hydrogen-bond donors (Lipinski definition) is 1. The summed E-state index contributed by atoms with van der Waals surface area (Å²) in [7, 11) is 0. The topological polar surface area (TPSA) is 98.2 Å². The highest BCUT2D eigenvalue weighted by Crippen LogP contribution is 2.40. The zero-order chi connectivity index (χ0) is 39.8. The Morgan fingerprint density at radius 1 is 0.849 bits per heavy atom. The highest BCUT2D eigenvalue weighted by atomic mass is 32.2. The Bertz CT molecular complexity index is 1970. The predicted molar refractivity (Wildman–Crippen MR) is 178 cm³/mol. The second kappa shape index (κ2) is 17.9. The molecular formula is C34H27F10N3O4S2. The van der Waals surface area contributed by atoms with Crippen LogP contribution in [0.15, 0.2) is 60.8 Å². The van der Waals surface area contributed by atoms with Crippen molar-refractivity contribution in [2.24, 2.45) is 5.92 Å². The van der Waals surface area contributed by atoms with Crippen molar-refractivity contribution in [1.29, 1.82) is 0 Å². The molecule has 2 aromatic heterocycles. The third-order valence-electron chi connectivity index (χ3n) is 6.77. The van der Waals surface area contributed by atoms with Crippen LogP contribution in [-0.2, 0) is 18.8 Å². The first kappa shape index (κ1) is 42.8. The number of pyridine rings is 2. The maximum absolute atomic E-state index is 13.7. The Kier molecular flexibility index (Phi) is 14.5. The molecule has 19 heteroatoms. The van der Waals surface area contributed by atoms with Crippen molar-refractivity contribution in [2.75, 3.05) is 17.8 Å². The number of nitrogens with one attached hydrogen (secondary N) is 1. The summed E-state index contributed by atoms with van der Waals surface area (Å²) in [6, 6.07) is 9.33. The normalized spacial score (nSPS) is 11.6. The summed E-state index contributed by atoms with van der Waals surface area (Å²) in [5, 5.41) is 0.424. The monoisotopic (exact) mass is 795 g/mol. The Morgan fingerprint density at radius 2 is 1.49 bits per heavy atom. The van der Waals surface area contributed by atoms with E-state index in [1.807, 2.05) is 0 Å². The molecule has 4 aromatic rings. The molecule has 0 spiro atoms. The lowest BCUT2D eigenvalue weighted by atomic mass is 9.92. The number of carbonyl (C=O) groups is 3. The van der Waals surface area contributed by atoms with E-state index < -0.39 is 74.6 Å². The largest absolute Gasteiger partial charge is 0.438 e. The molecule has 0 saturated heterocycles. The van der Waals surface area contributed by atoms with Crippen LogP contribution in [-0.4, -0.2) is 38.6 Å². The number of benzene rings is 2. The second-order valence-electron chi connectivity index (χ2n) is 11.0. The molecule has 284 valence electrons. The lowest BCUT2D eigenvalue weighted by Gasteiger charge is -2.21. The summed E-state index contributed by atoms with van der Waals surface area (Å²) in [4.78, 5) is 43.6. The predicted octanol–water partition coefficient (Wildman–Crippen LogP) is 10.7. The number of rotatable bonds is 9. The Hall–Kier alpha value is -4.65. The molecule has 0 atom stereocenters. The molecule has 0 aliphatic carbocycles. The van der Waals surface area contributed by atoms with Gasteiger partial charge in [-0.25, -0.2) is 27.5 Å². The van der Waals surface area contributed by atoms with Crippen molar-refractivity contribution in [3.63, 3.8) is 0 Å². The Labute approximate surface area is 303 Å². The molecule has 1 N–H and O–H groups in total. The lowest BCUT2D eigenvalue weighted by Crippen LogP contribution is -2.23. The van der Waals surface area contributed by atoms with Crippen LogP contribution in [0.3, 0.4) is 0 Å². The van der Waals surface area contributed by atoms with E-state index in [9.17, 15) is 58.3 Å². The van der Waals surface area contributed by atoms with Gasteiger partial charge in [0.2, 0.25) is 16.1 Å². The summed E-state index contributed by atoms with van der Waals surface area (Å²) >= 11 is 1.09. The molecule has 53 heavy (non-hydrogen) atoms. The lowest BCUT2D eigenvalue weighted by molar-refractivity contribution is -0.142. The zero-order valence-electron chi connectivity index (χ0n) is 27.8. The second-order valence-corrected chi connectivity index (χ2v) is 12.6. The maximum atomic E-state index is 13.7. The third-order valence-corrected chi connectivity index (χ3v) is 7.92. The van der Waals surface area contributed by atoms with E-state index in [0.29, 0.717) is 29.6 Å². The minimum Gasteiger partial charge on any atom is -0.438 e. The standard InChI is InChI=1S/C19H11F5N2O2.C15H16F5NO2S2/c20-12-6-7-16(15(21)10-12)26-17(27)14-5-2-8-25-18(14)28-13-4-1-3-11(9-13)19(22,23)24;1-6(2)5-7-8(13(22)24-3)10(12(16)17)21-11(15(18,19)20)9(7)14(23)25-4/h1-10H,(H,26,27);6,12H,5H2,1-4H3. The molecule has 0 bridgehead atoms. The summed E-state index contributed by atoms with van der Waals surface area (Å²) in [5.74, 6) is -3.36. The molecule has 0 radical (unpaired) electrons. The van der Waals surface area contributed by atoms with E-state index in [1.54, 1.807) is 13.8 Å². The smallest absolute Gasteiger partial charge is 0.434 e. The Balaban J connectivity index is 0.000000288. The third kappa shape index (κ3) is 11.2. The number of carbonyl (C=O) groups excluding carboxylic acids is 3. The van der Waals surface area contributed by atoms with Gasteiger partial charge in [-0.15, -0.1) is 0 Å². The maximum Gasteiger partial charge on any atom is 0.434 e. The molecule has 0 saturated carbocycles. The molecule has 2 heterocycles. The minimum atomic E-state index is -5.10. The first-order valence-corrected chi connectivity index (χ1v) is 17.3. The number of nitrogens with zero attached hydrogens (tertiary/aromatic N) is 2. The van der Waals surface area contributed by atoms with Gasteiger partial charge in [-0.3, -0.25) is 14.4 Å². The molecule has 0 aliphatic heterocycles. The number of thioether (sulfide) groups is 2. The molecule has 0 unspecified atom stereocenters. The molecule has 2 aromatic carbocycles. The van der Waals surface area contributed by atoms with Crippen molar-refractivity contribution < 1.29 is 63.0 Å². The molecular weight excluding hydrogens is 769 g/mol. The van der Waals surface area contributed by atoms with Crippen LogP contribution < -0.4 is 10.1 Å².